The number of rotatable bonds is 6. The molecule has 0 radical (unpaired) electrons. The summed E-state index contributed by atoms with van der Waals surface area (Å²) in [5, 5.41) is 25.0. The zero-order valence-electron chi connectivity index (χ0n) is 9.14. The molecule has 0 rings (SSSR count). The molecule has 0 heterocycles. The van der Waals surface area contributed by atoms with Gasteiger partial charge in [-0.25, -0.2) is 0 Å². The van der Waals surface area contributed by atoms with Crippen LogP contribution in [0.5, 0.6) is 0 Å². The minimum Gasteiger partial charge on any atom is -0.394 e. The third-order valence-corrected chi connectivity index (χ3v) is 1.37. The molecule has 0 spiro atoms. The smallest absolute Gasteiger partial charge is 0.0768 e. The number of aliphatic hydroxyl groups excluding tert-OH is 3. The van der Waals surface area contributed by atoms with Crippen LogP contribution in [0.4, 0.5) is 0 Å². The Morgan fingerprint density at radius 3 is 1.79 bits per heavy atom. The molecule has 0 saturated carbocycles. The van der Waals surface area contributed by atoms with Crippen molar-refractivity contribution >= 4 is 0 Å². The van der Waals surface area contributed by atoms with Crippen LogP contribution in [0.2, 0.25) is 0 Å². The first-order valence-electron chi connectivity index (χ1n) is 4.59. The van der Waals surface area contributed by atoms with Crippen LogP contribution in [0.15, 0.2) is 0 Å². The van der Waals surface area contributed by atoms with Crippen molar-refractivity contribution in [1.29, 1.82) is 0 Å². The number of hydrogen-bond acceptors (Lipinski definition) is 5. The first kappa shape index (κ1) is 16.2. The molecule has 0 fully saturated rings. The van der Waals surface area contributed by atoms with Crippen molar-refractivity contribution in [2.45, 2.75) is 26.1 Å². The van der Waals surface area contributed by atoms with Gasteiger partial charge in [-0.3, -0.25) is 0 Å². The lowest BCUT2D eigenvalue weighted by molar-refractivity contribution is 0.0438. The average molecular weight is 210 g/mol. The minimum absolute atomic E-state index is 0.0870. The van der Waals surface area contributed by atoms with Crippen LogP contribution in [-0.2, 0) is 9.47 Å². The molecular formula is C9H22O5. The van der Waals surface area contributed by atoms with Gasteiger partial charge in [0.15, 0.2) is 0 Å². The third-order valence-electron chi connectivity index (χ3n) is 1.37. The SMILES string of the molecule is CC(O)C(C)O.COCCOCCO. The molecular weight excluding hydrogens is 188 g/mol. The minimum atomic E-state index is -0.593. The van der Waals surface area contributed by atoms with Crippen LogP contribution in [0.25, 0.3) is 0 Å². The molecule has 5 heteroatoms. The number of methoxy groups -OCH3 is 1. The summed E-state index contributed by atoms with van der Waals surface area (Å²) >= 11 is 0. The van der Waals surface area contributed by atoms with E-state index in [2.05, 4.69) is 4.74 Å². The van der Waals surface area contributed by atoms with Gasteiger partial charge in [0, 0.05) is 7.11 Å². The molecule has 0 amide bonds. The molecule has 0 bridgehead atoms. The van der Waals surface area contributed by atoms with E-state index in [0.29, 0.717) is 19.8 Å². The van der Waals surface area contributed by atoms with E-state index in [0.717, 1.165) is 0 Å². The molecule has 3 N–H and O–H groups in total. The van der Waals surface area contributed by atoms with E-state index in [-0.39, 0.29) is 6.61 Å². The summed E-state index contributed by atoms with van der Waals surface area (Å²) in [4.78, 5) is 0. The van der Waals surface area contributed by atoms with Gasteiger partial charge in [0.25, 0.3) is 0 Å². The van der Waals surface area contributed by atoms with Gasteiger partial charge in [0.1, 0.15) is 0 Å². The van der Waals surface area contributed by atoms with E-state index >= 15 is 0 Å². The maximum absolute atomic E-state index is 8.38. The summed E-state index contributed by atoms with van der Waals surface area (Å²) in [7, 11) is 1.61. The lowest BCUT2D eigenvalue weighted by Crippen LogP contribution is -2.17. The van der Waals surface area contributed by atoms with Crippen molar-refractivity contribution in [2.24, 2.45) is 0 Å². The fourth-order valence-corrected chi connectivity index (χ4v) is 0.309. The van der Waals surface area contributed by atoms with Gasteiger partial charge in [-0.15, -0.1) is 0 Å². The van der Waals surface area contributed by atoms with Crippen molar-refractivity contribution < 1.29 is 24.8 Å². The third kappa shape index (κ3) is 17.8. The number of ether oxygens (including phenoxy) is 2. The molecule has 0 aromatic rings. The predicted molar refractivity (Wildman–Crippen MR) is 53.1 cm³/mol. The fourth-order valence-electron chi connectivity index (χ4n) is 0.309. The van der Waals surface area contributed by atoms with Gasteiger partial charge in [-0.2, -0.15) is 0 Å². The average Bonchev–Trinajstić information content (AvgIpc) is 2.13. The molecule has 0 aliphatic rings. The Morgan fingerprint density at radius 1 is 1.00 bits per heavy atom. The van der Waals surface area contributed by atoms with Crippen molar-refractivity contribution in [2.75, 3.05) is 33.5 Å². The van der Waals surface area contributed by atoms with E-state index in [1.165, 1.54) is 0 Å². The quantitative estimate of drug-likeness (QED) is 0.510. The van der Waals surface area contributed by atoms with Crippen LogP contribution < -0.4 is 0 Å². The Balaban J connectivity index is 0. The van der Waals surface area contributed by atoms with E-state index in [9.17, 15) is 0 Å². The highest BCUT2D eigenvalue weighted by molar-refractivity contribution is 4.50. The number of aliphatic hydroxyl groups is 3. The lowest BCUT2D eigenvalue weighted by Gasteiger charge is -2.03. The normalized spacial score (nSPS) is 14.1. The Hall–Kier alpha value is -0.200. The van der Waals surface area contributed by atoms with Crippen LogP contribution >= 0.6 is 0 Å². The van der Waals surface area contributed by atoms with E-state index < -0.39 is 12.2 Å². The molecule has 0 saturated heterocycles. The van der Waals surface area contributed by atoms with Crippen LogP contribution in [0, 0.1) is 0 Å². The second-order valence-corrected chi connectivity index (χ2v) is 2.81. The highest BCUT2D eigenvalue weighted by Gasteiger charge is 1.99. The molecule has 0 aromatic heterocycles. The first-order chi connectivity index (χ1) is 6.56. The molecule has 88 valence electrons. The summed E-state index contributed by atoms with van der Waals surface area (Å²) in [6.45, 7) is 4.75. The van der Waals surface area contributed by atoms with Gasteiger partial charge in [-0.1, -0.05) is 0 Å². The van der Waals surface area contributed by atoms with Gasteiger partial charge < -0.3 is 24.8 Å². The molecule has 0 aromatic carbocycles. The van der Waals surface area contributed by atoms with Crippen LogP contribution in [0.1, 0.15) is 13.8 Å². The Bertz CT molecular complexity index is 83.2. The zero-order valence-corrected chi connectivity index (χ0v) is 9.14. The van der Waals surface area contributed by atoms with Gasteiger partial charge >= 0.3 is 0 Å². The maximum atomic E-state index is 8.38. The van der Waals surface area contributed by atoms with Crippen molar-refractivity contribution in [1.82, 2.24) is 0 Å². The Morgan fingerprint density at radius 2 is 1.50 bits per heavy atom. The zero-order chi connectivity index (χ0) is 11.4. The van der Waals surface area contributed by atoms with Crippen molar-refractivity contribution in [3.8, 4) is 0 Å². The standard InChI is InChI=1S/C5H12O3.C4H10O2/c1-7-4-5-8-3-2-6;1-3(5)4(2)6/h6H,2-5H2,1H3;3-6H,1-2H3. The fraction of sp³-hybridized carbons (Fsp3) is 1.00. The summed E-state index contributed by atoms with van der Waals surface area (Å²) < 4.78 is 9.53. The van der Waals surface area contributed by atoms with Crippen molar-refractivity contribution in [3.05, 3.63) is 0 Å². The van der Waals surface area contributed by atoms with Gasteiger partial charge in [0.05, 0.1) is 38.6 Å². The first-order valence-corrected chi connectivity index (χ1v) is 4.59. The molecule has 2 unspecified atom stereocenters. The highest BCUT2D eigenvalue weighted by Crippen LogP contribution is 1.85. The molecule has 14 heavy (non-hydrogen) atoms. The predicted octanol–water partition coefficient (Wildman–Crippen LogP) is -0.610. The van der Waals surface area contributed by atoms with Crippen LogP contribution in [-0.4, -0.2) is 61.1 Å². The summed E-state index contributed by atoms with van der Waals surface area (Å²) in [5.41, 5.74) is 0. The monoisotopic (exact) mass is 210 g/mol. The molecule has 0 aliphatic carbocycles. The van der Waals surface area contributed by atoms with E-state index in [1.807, 2.05) is 0 Å². The maximum Gasteiger partial charge on any atom is 0.0768 e. The van der Waals surface area contributed by atoms with Crippen molar-refractivity contribution in [3.63, 3.8) is 0 Å². The molecule has 2 atom stereocenters. The molecule has 0 aliphatic heterocycles. The second kappa shape index (κ2) is 12.8. The topological polar surface area (TPSA) is 79.2 Å². The Kier molecular flexibility index (Phi) is 14.8. The van der Waals surface area contributed by atoms with Gasteiger partial charge in [0.2, 0.25) is 0 Å². The number of hydrogen-bond donors (Lipinski definition) is 3. The van der Waals surface area contributed by atoms with Gasteiger partial charge in [-0.05, 0) is 13.8 Å². The Labute approximate surface area is 85.3 Å². The van der Waals surface area contributed by atoms with Crippen LogP contribution in [0.3, 0.4) is 0 Å². The van der Waals surface area contributed by atoms with E-state index in [4.69, 9.17) is 20.1 Å². The largest absolute Gasteiger partial charge is 0.394 e. The highest BCUT2D eigenvalue weighted by atomic mass is 16.5. The van der Waals surface area contributed by atoms with E-state index in [1.54, 1.807) is 21.0 Å². The summed E-state index contributed by atoms with van der Waals surface area (Å²) in [6.07, 6.45) is -1.19. The summed E-state index contributed by atoms with van der Waals surface area (Å²) in [5.74, 6) is 0. The second-order valence-electron chi connectivity index (χ2n) is 2.81. The summed E-state index contributed by atoms with van der Waals surface area (Å²) in [6, 6.07) is 0. The molecule has 5 nitrogen and oxygen atoms in total. The lowest BCUT2D eigenvalue weighted by atomic mass is 10.3.